The van der Waals surface area contributed by atoms with Gasteiger partial charge in [0.15, 0.2) is 5.84 Å². The first-order valence-electron chi connectivity index (χ1n) is 11.2. The van der Waals surface area contributed by atoms with E-state index in [1.54, 1.807) is 18.2 Å². The summed E-state index contributed by atoms with van der Waals surface area (Å²) in [5, 5.41) is 15.9. The van der Waals surface area contributed by atoms with Gasteiger partial charge in [0.1, 0.15) is 29.8 Å². The van der Waals surface area contributed by atoms with Crippen molar-refractivity contribution in [3.63, 3.8) is 0 Å². The van der Waals surface area contributed by atoms with Crippen LogP contribution in [0.5, 0.6) is 11.5 Å². The van der Waals surface area contributed by atoms with Crippen molar-refractivity contribution < 1.29 is 14.3 Å². The largest absolute Gasteiger partial charge is 0.490 e. The van der Waals surface area contributed by atoms with Gasteiger partial charge in [0.25, 0.3) is 5.91 Å². The molecule has 0 saturated carbocycles. The fraction of sp³-hybridized carbons (Fsp3) is 0.111. The third-order valence-corrected chi connectivity index (χ3v) is 6.70. The van der Waals surface area contributed by atoms with Gasteiger partial charge in [-0.3, -0.25) is 10.2 Å². The molecule has 0 unspecified atom stereocenters. The highest BCUT2D eigenvalue weighted by Gasteiger charge is 2.36. The standard InChI is InChI=1S/C27H21ClN4O3S/c1-17-7-2-5-12-23(17)35-14-13-34-19-9-6-8-18(15-19)16-21-24(29)32-27(30-25(21)33)36-26(31-32)20-10-3-4-11-22(20)28/h2-12,15-16,29H,13-14H2,1H3/b21-16-,29-24?. The Morgan fingerprint density at radius 1 is 1.03 bits per heavy atom. The predicted octanol–water partition coefficient (Wildman–Crippen LogP) is 5.77. The molecule has 0 aromatic heterocycles. The van der Waals surface area contributed by atoms with Gasteiger partial charge in [0.05, 0.1) is 10.6 Å². The van der Waals surface area contributed by atoms with Crippen LogP contribution < -0.4 is 9.47 Å². The lowest BCUT2D eigenvalue weighted by molar-refractivity contribution is -0.114. The van der Waals surface area contributed by atoms with Crippen LogP contribution in [-0.2, 0) is 4.79 Å². The van der Waals surface area contributed by atoms with Gasteiger partial charge in [0, 0.05) is 5.56 Å². The summed E-state index contributed by atoms with van der Waals surface area (Å²) in [5.74, 6) is 0.923. The SMILES string of the molecule is Cc1ccccc1OCCOc1cccc(/C=C2/C(=N)N3N=C(c4ccccc4Cl)SC3=NC2=O)c1. The quantitative estimate of drug-likeness (QED) is 0.318. The number of hydrogen-bond acceptors (Lipinski definition) is 6. The Balaban J connectivity index is 1.28. The zero-order valence-electron chi connectivity index (χ0n) is 19.3. The van der Waals surface area contributed by atoms with E-state index in [9.17, 15) is 4.79 Å². The van der Waals surface area contributed by atoms with Crippen LogP contribution in [-0.4, -0.2) is 40.2 Å². The number of fused-ring (bicyclic) bond motifs is 1. The maximum absolute atomic E-state index is 12.8. The zero-order valence-corrected chi connectivity index (χ0v) is 20.8. The maximum atomic E-state index is 12.8. The van der Waals surface area contributed by atoms with Gasteiger partial charge in [-0.15, -0.1) is 0 Å². The molecule has 2 heterocycles. The lowest BCUT2D eigenvalue weighted by atomic mass is 10.1. The molecule has 0 saturated heterocycles. The van der Waals surface area contributed by atoms with Crippen molar-refractivity contribution in [3.8, 4) is 11.5 Å². The Labute approximate surface area is 217 Å². The molecule has 36 heavy (non-hydrogen) atoms. The average Bonchev–Trinajstić information content (AvgIpc) is 3.30. The number of hydrogen-bond donors (Lipinski definition) is 1. The third kappa shape index (κ3) is 5.05. The van der Waals surface area contributed by atoms with Crippen molar-refractivity contribution in [1.82, 2.24) is 5.01 Å². The highest BCUT2D eigenvalue weighted by Crippen LogP contribution is 2.33. The molecule has 9 heteroatoms. The number of amidine groups is 2. The summed E-state index contributed by atoms with van der Waals surface area (Å²) in [6, 6.07) is 22.4. The first kappa shape index (κ1) is 23.8. The molecule has 180 valence electrons. The second-order valence-electron chi connectivity index (χ2n) is 7.94. The highest BCUT2D eigenvalue weighted by molar-refractivity contribution is 8.27. The lowest BCUT2D eigenvalue weighted by Gasteiger charge is -2.20. The summed E-state index contributed by atoms with van der Waals surface area (Å²) in [4.78, 5) is 16.9. The third-order valence-electron chi connectivity index (χ3n) is 5.43. The number of carbonyl (C=O) groups excluding carboxylic acids is 1. The molecular formula is C27H21ClN4O3S. The Hall–Kier alpha value is -3.88. The van der Waals surface area contributed by atoms with Crippen LogP contribution >= 0.6 is 23.4 Å². The average molecular weight is 517 g/mol. The molecule has 1 N–H and O–H groups in total. The maximum Gasteiger partial charge on any atom is 0.283 e. The summed E-state index contributed by atoms with van der Waals surface area (Å²) in [6.45, 7) is 2.75. The number of carbonyl (C=O) groups is 1. The number of nitrogens with zero attached hydrogens (tertiary/aromatic N) is 3. The van der Waals surface area contributed by atoms with E-state index >= 15 is 0 Å². The predicted molar refractivity (Wildman–Crippen MR) is 144 cm³/mol. The van der Waals surface area contributed by atoms with E-state index in [1.165, 1.54) is 16.8 Å². The molecule has 0 aliphatic carbocycles. The number of hydrazone groups is 1. The molecule has 2 aliphatic heterocycles. The van der Waals surface area contributed by atoms with Crippen LogP contribution in [0.25, 0.3) is 6.08 Å². The van der Waals surface area contributed by atoms with Crippen LogP contribution in [0, 0.1) is 12.3 Å². The Morgan fingerprint density at radius 2 is 1.81 bits per heavy atom. The molecule has 0 bridgehead atoms. The molecule has 3 aromatic rings. The highest BCUT2D eigenvalue weighted by atomic mass is 35.5. The lowest BCUT2D eigenvalue weighted by Crippen LogP contribution is -2.35. The molecule has 5 rings (SSSR count). The first-order chi connectivity index (χ1) is 17.5. The second kappa shape index (κ2) is 10.4. The molecule has 3 aromatic carbocycles. The number of rotatable bonds is 7. The Bertz CT molecular complexity index is 1450. The molecular weight excluding hydrogens is 496 g/mol. The number of halogens is 1. The first-order valence-corrected chi connectivity index (χ1v) is 12.4. The summed E-state index contributed by atoms with van der Waals surface area (Å²) in [5.41, 5.74) is 2.64. The molecule has 2 aliphatic rings. The molecule has 0 atom stereocenters. The molecule has 0 radical (unpaired) electrons. The zero-order chi connectivity index (χ0) is 25.1. The Kier molecular flexibility index (Phi) is 6.88. The van der Waals surface area contributed by atoms with Gasteiger partial charge in [-0.25, -0.2) is 0 Å². The fourth-order valence-corrected chi connectivity index (χ4v) is 4.84. The number of ether oxygens (including phenoxy) is 2. The van der Waals surface area contributed by atoms with Crippen molar-refractivity contribution in [2.75, 3.05) is 13.2 Å². The van der Waals surface area contributed by atoms with Crippen LogP contribution in [0.2, 0.25) is 5.02 Å². The summed E-state index contributed by atoms with van der Waals surface area (Å²) in [6.07, 6.45) is 1.62. The topological polar surface area (TPSA) is 87.3 Å². The summed E-state index contributed by atoms with van der Waals surface area (Å²) in [7, 11) is 0. The number of benzene rings is 3. The van der Waals surface area contributed by atoms with Crippen molar-refractivity contribution in [3.05, 3.63) is 100 Å². The van der Waals surface area contributed by atoms with Crippen molar-refractivity contribution in [2.45, 2.75) is 6.92 Å². The van der Waals surface area contributed by atoms with E-state index in [2.05, 4.69) is 10.1 Å². The Morgan fingerprint density at radius 3 is 2.64 bits per heavy atom. The van der Waals surface area contributed by atoms with Crippen molar-refractivity contribution in [1.29, 1.82) is 5.41 Å². The van der Waals surface area contributed by atoms with E-state index < -0.39 is 5.91 Å². The van der Waals surface area contributed by atoms with E-state index in [1.807, 2.05) is 67.6 Å². The number of amides is 1. The van der Waals surface area contributed by atoms with Crippen LogP contribution in [0.1, 0.15) is 16.7 Å². The van der Waals surface area contributed by atoms with Crippen molar-refractivity contribution >= 4 is 51.4 Å². The molecule has 0 fully saturated rings. The van der Waals surface area contributed by atoms with Gasteiger partial charge >= 0.3 is 0 Å². The normalized spacial score (nSPS) is 16.1. The number of para-hydroxylation sites is 1. The molecule has 0 spiro atoms. The number of thioether (sulfide) groups is 1. The van der Waals surface area contributed by atoms with Gasteiger partial charge in [-0.2, -0.15) is 15.1 Å². The van der Waals surface area contributed by atoms with E-state index in [0.29, 0.717) is 39.8 Å². The summed E-state index contributed by atoms with van der Waals surface area (Å²) >= 11 is 7.51. The summed E-state index contributed by atoms with van der Waals surface area (Å²) < 4.78 is 11.6. The van der Waals surface area contributed by atoms with E-state index in [0.717, 1.165) is 16.9 Å². The molecule has 1 amide bonds. The van der Waals surface area contributed by atoms with E-state index in [-0.39, 0.29) is 11.4 Å². The number of aryl methyl sites for hydroxylation is 1. The number of aliphatic imine (C=N–C) groups is 1. The fourth-order valence-electron chi connectivity index (χ4n) is 3.63. The smallest absolute Gasteiger partial charge is 0.283 e. The van der Waals surface area contributed by atoms with E-state index in [4.69, 9.17) is 26.5 Å². The van der Waals surface area contributed by atoms with Gasteiger partial charge in [-0.05, 0) is 60.2 Å². The van der Waals surface area contributed by atoms with Gasteiger partial charge in [0.2, 0.25) is 5.17 Å². The van der Waals surface area contributed by atoms with Gasteiger partial charge < -0.3 is 9.47 Å². The monoisotopic (exact) mass is 516 g/mol. The minimum absolute atomic E-state index is 0.0440. The van der Waals surface area contributed by atoms with Gasteiger partial charge in [-0.1, -0.05) is 60.1 Å². The second-order valence-corrected chi connectivity index (χ2v) is 9.30. The minimum atomic E-state index is -0.493. The minimum Gasteiger partial charge on any atom is -0.490 e. The number of nitrogens with one attached hydrogen (secondary N) is 1. The van der Waals surface area contributed by atoms with Crippen LogP contribution in [0.4, 0.5) is 0 Å². The van der Waals surface area contributed by atoms with Crippen LogP contribution in [0.15, 0.2) is 88.5 Å². The van der Waals surface area contributed by atoms with Crippen molar-refractivity contribution in [2.24, 2.45) is 10.1 Å². The molecule has 7 nitrogen and oxygen atoms in total. The van der Waals surface area contributed by atoms with Crippen LogP contribution in [0.3, 0.4) is 0 Å².